The van der Waals surface area contributed by atoms with Gasteiger partial charge in [0.1, 0.15) is 0 Å². The third-order valence-electron chi connectivity index (χ3n) is 3.47. The number of hydrogen-bond acceptors (Lipinski definition) is 3. The van der Waals surface area contributed by atoms with Gasteiger partial charge in [0.05, 0.1) is 10.9 Å². The Balaban J connectivity index is 1.74. The van der Waals surface area contributed by atoms with Crippen LogP contribution in [0.4, 0.5) is 5.69 Å². The number of hydrogen-bond donors (Lipinski definition) is 2. The summed E-state index contributed by atoms with van der Waals surface area (Å²) < 4.78 is 0. The van der Waals surface area contributed by atoms with Crippen LogP contribution < -0.4 is 10.6 Å². The molecule has 0 spiro atoms. The van der Waals surface area contributed by atoms with Gasteiger partial charge in [-0.1, -0.05) is 30.3 Å². The summed E-state index contributed by atoms with van der Waals surface area (Å²) in [4.78, 5) is 12.2. The maximum absolute atomic E-state index is 12.3. The predicted molar refractivity (Wildman–Crippen MR) is 86.0 cm³/mol. The highest BCUT2D eigenvalue weighted by Crippen LogP contribution is 2.29. The van der Waals surface area contributed by atoms with E-state index >= 15 is 0 Å². The van der Waals surface area contributed by atoms with Gasteiger partial charge in [0, 0.05) is 11.4 Å². The number of carbonyl (C=O) groups excluding carboxylic acids is 1. The van der Waals surface area contributed by atoms with E-state index in [1.54, 1.807) is 11.8 Å². The molecular weight excluding hydrogens is 268 g/mol. The molecule has 0 saturated carbocycles. The highest BCUT2D eigenvalue weighted by atomic mass is 32.2. The lowest BCUT2D eigenvalue weighted by Crippen LogP contribution is -2.43. The lowest BCUT2D eigenvalue weighted by atomic mass is 10.1. The molecule has 0 radical (unpaired) electrons. The zero-order chi connectivity index (χ0) is 14.2. The maximum atomic E-state index is 12.3. The van der Waals surface area contributed by atoms with Gasteiger partial charge in [-0.2, -0.15) is 0 Å². The van der Waals surface area contributed by atoms with E-state index in [9.17, 15) is 4.79 Å². The summed E-state index contributed by atoms with van der Waals surface area (Å²) in [6.45, 7) is 4.20. The van der Waals surface area contributed by atoms with Gasteiger partial charge >= 0.3 is 0 Å². The third kappa shape index (κ3) is 2.81. The van der Waals surface area contributed by atoms with E-state index in [0.29, 0.717) is 0 Å². The number of carbonyl (C=O) groups is 1. The average molecular weight is 286 g/mol. The van der Waals surface area contributed by atoms with Crippen LogP contribution in [0.3, 0.4) is 0 Å². The fourth-order valence-electron chi connectivity index (χ4n) is 2.43. The van der Waals surface area contributed by atoms with Gasteiger partial charge in [-0.25, -0.2) is 0 Å². The van der Waals surface area contributed by atoms with Crippen molar-refractivity contribution in [1.82, 2.24) is 5.32 Å². The Bertz CT molecular complexity index is 654. The molecule has 3 rings (SSSR count). The van der Waals surface area contributed by atoms with Crippen LogP contribution in [-0.4, -0.2) is 22.6 Å². The molecule has 1 heterocycles. The molecule has 2 aromatic rings. The van der Waals surface area contributed by atoms with Crippen molar-refractivity contribution in [3.05, 3.63) is 42.5 Å². The molecule has 1 aliphatic heterocycles. The van der Waals surface area contributed by atoms with Gasteiger partial charge in [0.15, 0.2) is 0 Å². The Kier molecular flexibility index (Phi) is 3.44. The minimum Gasteiger partial charge on any atom is -0.325 e. The van der Waals surface area contributed by atoms with E-state index in [-0.39, 0.29) is 16.8 Å². The Labute approximate surface area is 123 Å². The molecule has 2 aromatic carbocycles. The predicted octanol–water partition coefficient (Wildman–Crippen LogP) is 3.22. The van der Waals surface area contributed by atoms with Crippen molar-refractivity contribution in [2.24, 2.45) is 0 Å². The third-order valence-corrected chi connectivity index (χ3v) is 4.81. The summed E-state index contributed by atoms with van der Waals surface area (Å²) in [7, 11) is 0. The molecular formula is C16H18N2OS. The molecule has 2 N–H and O–H groups in total. The first-order valence-electron chi connectivity index (χ1n) is 6.75. The van der Waals surface area contributed by atoms with Crippen molar-refractivity contribution in [2.45, 2.75) is 24.8 Å². The Morgan fingerprint density at radius 3 is 2.70 bits per heavy atom. The van der Waals surface area contributed by atoms with Gasteiger partial charge in [-0.3, -0.25) is 10.1 Å². The van der Waals surface area contributed by atoms with Gasteiger partial charge < -0.3 is 5.32 Å². The summed E-state index contributed by atoms with van der Waals surface area (Å²) in [6, 6.07) is 14.0. The zero-order valence-corrected chi connectivity index (χ0v) is 12.5. The number of anilines is 1. The second-order valence-electron chi connectivity index (χ2n) is 5.57. The zero-order valence-electron chi connectivity index (χ0n) is 11.6. The van der Waals surface area contributed by atoms with Crippen molar-refractivity contribution in [3.63, 3.8) is 0 Å². The summed E-state index contributed by atoms with van der Waals surface area (Å²) in [6.07, 6.45) is 0. The Morgan fingerprint density at radius 2 is 2.00 bits per heavy atom. The smallest absolute Gasteiger partial charge is 0.242 e. The van der Waals surface area contributed by atoms with Gasteiger partial charge in [0.2, 0.25) is 5.91 Å². The minimum atomic E-state index is -0.124. The molecule has 0 aromatic heterocycles. The molecule has 1 unspecified atom stereocenters. The molecule has 1 saturated heterocycles. The largest absolute Gasteiger partial charge is 0.325 e. The van der Waals surface area contributed by atoms with Gasteiger partial charge in [0.25, 0.3) is 0 Å². The topological polar surface area (TPSA) is 41.1 Å². The van der Waals surface area contributed by atoms with Crippen LogP contribution >= 0.6 is 11.8 Å². The molecule has 0 bridgehead atoms. The fourth-order valence-corrected chi connectivity index (χ4v) is 3.48. The first-order valence-corrected chi connectivity index (χ1v) is 7.73. The van der Waals surface area contributed by atoms with Crippen molar-refractivity contribution in [1.29, 1.82) is 0 Å². The lowest BCUT2D eigenvalue weighted by molar-refractivity contribution is -0.117. The SMILES string of the molecule is CC1(C)NC(C(=O)Nc2ccc3ccccc3c2)CS1. The molecule has 4 heteroatoms. The first kappa shape index (κ1) is 13.5. The second-order valence-corrected chi connectivity index (χ2v) is 7.21. The van der Waals surface area contributed by atoms with E-state index < -0.39 is 0 Å². The average Bonchev–Trinajstić information content (AvgIpc) is 2.79. The highest BCUT2D eigenvalue weighted by molar-refractivity contribution is 8.00. The minimum absolute atomic E-state index is 0.0224. The summed E-state index contributed by atoms with van der Waals surface area (Å²) >= 11 is 1.78. The monoisotopic (exact) mass is 286 g/mol. The van der Waals surface area contributed by atoms with Crippen LogP contribution in [-0.2, 0) is 4.79 Å². The number of benzene rings is 2. The van der Waals surface area contributed by atoms with E-state index in [1.807, 2.05) is 30.3 Å². The van der Waals surface area contributed by atoms with E-state index in [4.69, 9.17) is 0 Å². The van der Waals surface area contributed by atoms with Crippen molar-refractivity contribution in [2.75, 3.05) is 11.1 Å². The summed E-state index contributed by atoms with van der Waals surface area (Å²) in [5.41, 5.74) is 0.852. The molecule has 0 aliphatic carbocycles. The maximum Gasteiger partial charge on any atom is 0.242 e. The lowest BCUT2D eigenvalue weighted by Gasteiger charge is -2.18. The molecule has 1 fully saturated rings. The normalized spacial score (nSPS) is 21.0. The molecule has 1 amide bonds. The van der Waals surface area contributed by atoms with Crippen molar-refractivity contribution < 1.29 is 4.79 Å². The van der Waals surface area contributed by atoms with Gasteiger partial charge in [-0.15, -0.1) is 11.8 Å². The standard InChI is InChI=1S/C16H18N2OS/c1-16(2)18-14(10-20-16)15(19)17-13-8-7-11-5-3-4-6-12(11)9-13/h3-9,14,18H,10H2,1-2H3,(H,17,19). The molecule has 3 nitrogen and oxygen atoms in total. The van der Waals surface area contributed by atoms with Crippen LogP contribution in [0.2, 0.25) is 0 Å². The summed E-state index contributed by atoms with van der Waals surface area (Å²) in [5, 5.41) is 8.66. The van der Waals surface area contributed by atoms with Crippen molar-refractivity contribution in [3.8, 4) is 0 Å². The number of rotatable bonds is 2. The Hall–Kier alpha value is -1.52. The number of nitrogens with one attached hydrogen (secondary N) is 2. The number of amides is 1. The van der Waals surface area contributed by atoms with E-state index in [2.05, 4.69) is 36.6 Å². The van der Waals surface area contributed by atoms with Crippen LogP contribution in [0, 0.1) is 0 Å². The quantitative estimate of drug-likeness (QED) is 0.890. The number of fused-ring (bicyclic) bond motifs is 1. The van der Waals surface area contributed by atoms with Crippen LogP contribution in [0.15, 0.2) is 42.5 Å². The molecule has 104 valence electrons. The molecule has 1 aliphatic rings. The van der Waals surface area contributed by atoms with Gasteiger partial charge in [-0.05, 0) is 36.8 Å². The second kappa shape index (κ2) is 5.11. The highest BCUT2D eigenvalue weighted by Gasteiger charge is 2.34. The Morgan fingerprint density at radius 1 is 1.25 bits per heavy atom. The number of thioether (sulfide) groups is 1. The van der Waals surface area contributed by atoms with Crippen LogP contribution in [0.5, 0.6) is 0 Å². The fraction of sp³-hybridized carbons (Fsp3) is 0.312. The van der Waals surface area contributed by atoms with E-state index in [1.165, 1.54) is 5.39 Å². The van der Waals surface area contributed by atoms with Crippen LogP contribution in [0.1, 0.15) is 13.8 Å². The van der Waals surface area contributed by atoms with Crippen molar-refractivity contribution >= 4 is 34.1 Å². The first-order chi connectivity index (χ1) is 9.53. The van der Waals surface area contributed by atoms with Crippen LogP contribution in [0.25, 0.3) is 10.8 Å². The molecule has 1 atom stereocenters. The summed E-state index contributed by atoms with van der Waals surface area (Å²) in [5.74, 6) is 0.852. The van der Waals surface area contributed by atoms with E-state index in [0.717, 1.165) is 16.8 Å². The molecule has 20 heavy (non-hydrogen) atoms.